The predicted molar refractivity (Wildman–Crippen MR) is 113 cm³/mol. The molecule has 6 nitrogen and oxygen atoms in total. The minimum Gasteiger partial charge on any atom is -0.340 e. The van der Waals surface area contributed by atoms with Crippen molar-refractivity contribution in [3.63, 3.8) is 0 Å². The van der Waals surface area contributed by atoms with Crippen LogP contribution in [0.4, 0.5) is 5.95 Å². The number of rotatable bonds is 4. The van der Waals surface area contributed by atoms with E-state index < -0.39 is 0 Å². The van der Waals surface area contributed by atoms with Crippen molar-refractivity contribution in [1.82, 2.24) is 19.8 Å². The fourth-order valence-corrected chi connectivity index (χ4v) is 4.11. The van der Waals surface area contributed by atoms with Crippen LogP contribution in [0.5, 0.6) is 0 Å². The predicted octanol–water partition coefficient (Wildman–Crippen LogP) is 1.68. The topological polar surface area (TPSA) is 55.5 Å². The maximum absolute atomic E-state index is 12.7. The lowest BCUT2D eigenvalue weighted by atomic mass is 10.1. The zero-order chi connectivity index (χ0) is 19.5. The fraction of sp³-hybridized carbons (Fsp3) is 0.545. The number of anilines is 1. The molecule has 1 N–H and O–H groups in total. The van der Waals surface area contributed by atoms with Crippen molar-refractivity contribution < 1.29 is 0 Å². The van der Waals surface area contributed by atoms with Crippen LogP contribution in [0.1, 0.15) is 29.3 Å². The molecule has 1 saturated heterocycles. The number of piperazine rings is 1. The molecule has 4 rings (SSSR count). The lowest BCUT2D eigenvalue weighted by Gasteiger charge is -2.32. The molecule has 1 fully saturated rings. The number of aromatic nitrogens is 2. The summed E-state index contributed by atoms with van der Waals surface area (Å²) < 4.78 is 0. The summed E-state index contributed by atoms with van der Waals surface area (Å²) in [6, 6.07) is 8.90. The van der Waals surface area contributed by atoms with Gasteiger partial charge in [-0.15, -0.1) is 0 Å². The highest BCUT2D eigenvalue weighted by Gasteiger charge is 2.22. The normalized spacial score (nSPS) is 18.7. The van der Waals surface area contributed by atoms with Crippen LogP contribution in [-0.4, -0.2) is 66.1 Å². The molecular weight excluding hydrogens is 350 g/mol. The Bertz CT molecular complexity index is 852. The first kappa shape index (κ1) is 19.2. The first-order valence-corrected chi connectivity index (χ1v) is 10.5. The Labute approximate surface area is 167 Å². The molecule has 2 aliphatic heterocycles. The third-order valence-corrected chi connectivity index (χ3v) is 6.07. The molecule has 1 aromatic carbocycles. The summed E-state index contributed by atoms with van der Waals surface area (Å²) in [4.78, 5) is 27.6. The Kier molecular flexibility index (Phi) is 5.78. The SMILES string of the molecule is CCc1ccc(CN2CCc3nc(N4CCN(C)CC4)[nH]c(=O)c3CC2)cc1. The van der Waals surface area contributed by atoms with Gasteiger partial charge in [-0.1, -0.05) is 31.2 Å². The van der Waals surface area contributed by atoms with Crippen LogP contribution in [0.3, 0.4) is 0 Å². The van der Waals surface area contributed by atoms with E-state index in [1.54, 1.807) is 0 Å². The lowest BCUT2D eigenvalue weighted by molar-refractivity contribution is 0.279. The van der Waals surface area contributed by atoms with Crippen LogP contribution in [0.2, 0.25) is 0 Å². The van der Waals surface area contributed by atoms with Gasteiger partial charge in [0.15, 0.2) is 0 Å². The molecule has 2 aromatic rings. The van der Waals surface area contributed by atoms with E-state index in [4.69, 9.17) is 4.98 Å². The van der Waals surface area contributed by atoms with Gasteiger partial charge in [-0.3, -0.25) is 14.7 Å². The van der Waals surface area contributed by atoms with E-state index >= 15 is 0 Å². The summed E-state index contributed by atoms with van der Waals surface area (Å²) >= 11 is 0. The van der Waals surface area contributed by atoms with Crippen LogP contribution in [0, 0.1) is 0 Å². The number of likely N-dealkylation sites (N-methyl/N-ethyl adjacent to an activating group) is 1. The number of nitrogens with one attached hydrogen (secondary N) is 1. The van der Waals surface area contributed by atoms with E-state index in [-0.39, 0.29) is 5.56 Å². The Morgan fingerprint density at radius 2 is 1.64 bits per heavy atom. The second kappa shape index (κ2) is 8.45. The maximum atomic E-state index is 12.7. The molecule has 1 aromatic heterocycles. The number of H-pyrrole nitrogens is 1. The quantitative estimate of drug-likeness (QED) is 0.873. The first-order valence-electron chi connectivity index (χ1n) is 10.5. The standard InChI is InChI=1S/C22H31N5O/c1-3-17-4-6-18(7-5-17)16-26-10-8-19-20(9-11-26)23-22(24-21(19)28)27-14-12-25(2)13-15-27/h4-7H,3,8-16H2,1-2H3,(H,23,24,28). The lowest BCUT2D eigenvalue weighted by Crippen LogP contribution is -2.45. The van der Waals surface area contributed by atoms with Crippen LogP contribution in [0.15, 0.2) is 29.1 Å². The number of benzene rings is 1. The zero-order valence-corrected chi connectivity index (χ0v) is 17.1. The number of hydrogen-bond acceptors (Lipinski definition) is 5. The number of nitrogens with zero attached hydrogens (tertiary/aromatic N) is 4. The van der Waals surface area contributed by atoms with Gasteiger partial charge in [0.1, 0.15) is 0 Å². The molecular formula is C22H31N5O. The maximum Gasteiger partial charge on any atom is 0.255 e. The second-order valence-corrected chi connectivity index (χ2v) is 8.05. The highest BCUT2D eigenvalue weighted by atomic mass is 16.1. The Hall–Kier alpha value is -2.18. The third-order valence-electron chi connectivity index (χ3n) is 6.07. The number of aryl methyl sites for hydroxylation is 1. The van der Waals surface area contributed by atoms with Crippen LogP contribution >= 0.6 is 0 Å². The summed E-state index contributed by atoms with van der Waals surface area (Å²) in [6.07, 6.45) is 2.68. The molecule has 0 bridgehead atoms. The number of aromatic amines is 1. The third kappa shape index (κ3) is 4.28. The molecule has 150 valence electrons. The van der Waals surface area contributed by atoms with E-state index in [1.807, 2.05) is 0 Å². The summed E-state index contributed by atoms with van der Waals surface area (Å²) in [7, 11) is 2.13. The highest BCUT2D eigenvalue weighted by molar-refractivity contribution is 5.35. The smallest absolute Gasteiger partial charge is 0.255 e. The Balaban J connectivity index is 1.45. The van der Waals surface area contributed by atoms with Gasteiger partial charge >= 0.3 is 0 Å². The van der Waals surface area contributed by atoms with Gasteiger partial charge in [0.05, 0.1) is 5.69 Å². The molecule has 28 heavy (non-hydrogen) atoms. The summed E-state index contributed by atoms with van der Waals surface area (Å²) in [5.74, 6) is 0.750. The highest BCUT2D eigenvalue weighted by Crippen LogP contribution is 2.17. The van der Waals surface area contributed by atoms with Crippen LogP contribution < -0.4 is 10.5 Å². The molecule has 0 saturated carbocycles. The van der Waals surface area contributed by atoms with Gasteiger partial charge in [-0.05, 0) is 31.0 Å². The fourth-order valence-electron chi connectivity index (χ4n) is 4.11. The monoisotopic (exact) mass is 381 g/mol. The molecule has 0 spiro atoms. The van der Waals surface area contributed by atoms with Gasteiger partial charge in [0.2, 0.25) is 5.95 Å². The molecule has 0 unspecified atom stereocenters. The van der Waals surface area contributed by atoms with Crippen molar-refractivity contribution in [3.05, 3.63) is 57.0 Å². The average molecular weight is 382 g/mol. The molecule has 0 atom stereocenters. The second-order valence-electron chi connectivity index (χ2n) is 8.05. The van der Waals surface area contributed by atoms with Gasteiger partial charge in [0, 0.05) is 57.8 Å². The molecule has 0 radical (unpaired) electrons. The van der Waals surface area contributed by atoms with E-state index in [0.717, 1.165) is 82.3 Å². The molecule has 0 aliphatic carbocycles. The van der Waals surface area contributed by atoms with Crippen molar-refractivity contribution in [2.75, 3.05) is 51.2 Å². The van der Waals surface area contributed by atoms with Crippen molar-refractivity contribution in [1.29, 1.82) is 0 Å². The number of hydrogen-bond donors (Lipinski definition) is 1. The molecule has 2 aliphatic rings. The number of fused-ring (bicyclic) bond motifs is 1. The summed E-state index contributed by atoms with van der Waals surface area (Å²) in [6.45, 7) is 8.80. The molecule has 0 amide bonds. The average Bonchev–Trinajstić information content (AvgIpc) is 2.92. The summed E-state index contributed by atoms with van der Waals surface area (Å²) in [5, 5.41) is 0. The van der Waals surface area contributed by atoms with Crippen molar-refractivity contribution in [3.8, 4) is 0 Å². The van der Waals surface area contributed by atoms with Crippen molar-refractivity contribution in [2.45, 2.75) is 32.7 Å². The van der Waals surface area contributed by atoms with Crippen molar-refractivity contribution >= 4 is 5.95 Å². The first-order chi connectivity index (χ1) is 13.6. The van der Waals surface area contributed by atoms with Gasteiger partial charge in [-0.25, -0.2) is 4.98 Å². The molecule has 3 heterocycles. The largest absolute Gasteiger partial charge is 0.340 e. The van der Waals surface area contributed by atoms with Gasteiger partial charge < -0.3 is 9.80 Å². The summed E-state index contributed by atoms with van der Waals surface area (Å²) in [5.41, 5.74) is 4.62. The van der Waals surface area contributed by atoms with Gasteiger partial charge in [-0.2, -0.15) is 0 Å². The van der Waals surface area contributed by atoms with E-state index in [1.165, 1.54) is 11.1 Å². The Morgan fingerprint density at radius 3 is 2.36 bits per heavy atom. The van der Waals surface area contributed by atoms with E-state index in [2.05, 4.69) is 57.9 Å². The van der Waals surface area contributed by atoms with Crippen LogP contribution in [0.25, 0.3) is 0 Å². The zero-order valence-electron chi connectivity index (χ0n) is 17.1. The van der Waals surface area contributed by atoms with Crippen molar-refractivity contribution in [2.24, 2.45) is 0 Å². The molecule has 6 heteroatoms. The van der Waals surface area contributed by atoms with E-state index in [0.29, 0.717) is 0 Å². The Morgan fingerprint density at radius 1 is 0.964 bits per heavy atom. The van der Waals surface area contributed by atoms with Crippen LogP contribution in [-0.2, 0) is 25.8 Å². The minimum atomic E-state index is 0.0491. The van der Waals surface area contributed by atoms with Gasteiger partial charge in [0.25, 0.3) is 5.56 Å². The van der Waals surface area contributed by atoms with E-state index in [9.17, 15) is 4.79 Å². The minimum absolute atomic E-state index is 0.0491.